The average molecular weight is 322 g/mol. The lowest BCUT2D eigenvalue weighted by atomic mass is 10.1. The van der Waals surface area contributed by atoms with Crippen molar-refractivity contribution in [1.82, 2.24) is 4.90 Å². The number of hydrogen-bond acceptors (Lipinski definition) is 2. The van der Waals surface area contributed by atoms with Gasteiger partial charge in [0.15, 0.2) is 5.88 Å². The minimum atomic E-state index is 0.477. The van der Waals surface area contributed by atoms with Crippen molar-refractivity contribution < 1.29 is 4.74 Å². The van der Waals surface area contributed by atoms with E-state index in [-0.39, 0.29) is 0 Å². The summed E-state index contributed by atoms with van der Waals surface area (Å²) in [6.07, 6.45) is 0. The maximum Gasteiger partial charge on any atom is 0.199 e. The Hall–Kier alpha value is -1.64. The molecule has 0 saturated carbocycles. The van der Waals surface area contributed by atoms with Crippen molar-refractivity contribution in [3.8, 4) is 5.75 Å². The van der Waals surface area contributed by atoms with Gasteiger partial charge in [-0.25, -0.2) is 0 Å². The predicted molar refractivity (Wildman–Crippen MR) is 89.8 cm³/mol. The van der Waals surface area contributed by atoms with Crippen molar-refractivity contribution in [3.63, 3.8) is 0 Å². The second kappa shape index (κ2) is 6.88. The zero-order valence-electron chi connectivity index (χ0n) is 12.2. The molecule has 4 heteroatoms. The van der Waals surface area contributed by atoms with E-state index in [4.69, 9.17) is 27.9 Å². The molecule has 0 atom stereocenters. The Morgan fingerprint density at radius 3 is 2.19 bits per heavy atom. The van der Waals surface area contributed by atoms with E-state index >= 15 is 0 Å². The molecule has 0 spiro atoms. The molecule has 0 aromatic heterocycles. The van der Waals surface area contributed by atoms with Crippen molar-refractivity contribution in [2.75, 3.05) is 14.1 Å². The summed E-state index contributed by atoms with van der Waals surface area (Å²) in [6, 6.07) is 15.3. The number of hydrogen-bond donors (Lipinski definition) is 0. The van der Waals surface area contributed by atoms with E-state index in [1.807, 2.05) is 44.1 Å². The highest BCUT2D eigenvalue weighted by atomic mass is 35.5. The molecule has 0 aliphatic rings. The number of allylic oxidation sites excluding steroid dienone is 1. The van der Waals surface area contributed by atoms with Crippen LogP contribution in [0.15, 0.2) is 54.4 Å². The largest absolute Gasteiger partial charge is 0.441 e. The smallest absolute Gasteiger partial charge is 0.199 e. The van der Waals surface area contributed by atoms with Crippen LogP contribution in [0.1, 0.15) is 12.5 Å². The van der Waals surface area contributed by atoms with E-state index < -0.39 is 0 Å². The summed E-state index contributed by atoms with van der Waals surface area (Å²) in [7, 11) is 3.89. The van der Waals surface area contributed by atoms with Gasteiger partial charge >= 0.3 is 0 Å². The van der Waals surface area contributed by atoms with Crippen LogP contribution in [0, 0.1) is 0 Å². The third-order valence-electron chi connectivity index (χ3n) is 3.04. The molecule has 2 nitrogen and oxygen atoms in total. The van der Waals surface area contributed by atoms with Crippen LogP contribution in [-0.2, 0) is 0 Å². The molecule has 0 amide bonds. The monoisotopic (exact) mass is 321 g/mol. The highest BCUT2D eigenvalue weighted by Gasteiger charge is 2.11. The van der Waals surface area contributed by atoms with E-state index in [0.29, 0.717) is 15.8 Å². The first-order valence-corrected chi connectivity index (χ1v) is 7.31. The Morgan fingerprint density at radius 1 is 0.952 bits per heavy atom. The molecular formula is C17H17Cl2NO. The van der Waals surface area contributed by atoms with Crippen molar-refractivity contribution in [1.29, 1.82) is 0 Å². The highest BCUT2D eigenvalue weighted by molar-refractivity contribution is 6.42. The molecule has 0 radical (unpaired) electrons. The standard InChI is InChI=1S/C17H17Cl2NO/c1-12(13-7-5-4-6-8-13)17(20(2)3)21-14-9-10-15(18)16(19)11-14/h4-11H,1-3H3. The number of ether oxygens (including phenoxy) is 1. The first kappa shape index (κ1) is 15.7. The van der Waals surface area contributed by atoms with Crippen LogP contribution in [0.4, 0.5) is 0 Å². The highest BCUT2D eigenvalue weighted by Crippen LogP contribution is 2.29. The molecule has 0 fully saturated rings. The number of halogens is 2. The van der Waals surface area contributed by atoms with Gasteiger partial charge in [-0.1, -0.05) is 53.5 Å². The van der Waals surface area contributed by atoms with Crippen LogP contribution < -0.4 is 4.74 Å². The Labute approximate surface area is 135 Å². The summed E-state index contributed by atoms with van der Waals surface area (Å²) in [4.78, 5) is 1.94. The molecule has 2 rings (SSSR count). The summed E-state index contributed by atoms with van der Waals surface area (Å²) in [5.74, 6) is 1.42. The summed E-state index contributed by atoms with van der Waals surface area (Å²) < 4.78 is 5.99. The quantitative estimate of drug-likeness (QED) is 0.706. The maximum absolute atomic E-state index is 6.03. The predicted octanol–water partition coefficient (Wildman–Crippen LogP) is 5.32. The van der Waals surface area contributed by atoms with Gasteiger partial charge in [0, 0.05) is 25.7 Å². The first-order valence-electron chi connectivity index (χ1n) is 6.55. The molecule has 2 aromatic rings. The molecule has 2 aromatic carbocycles. The summed E-state index contributed by atoms with van der Waals surface area (Å²) in [5, 5.41) is 0.990. The second-order valence-corrected chi connectivity index (χ2v) is 5.68. The fourth-order valence-corrected chi connectivity index (χ4v) is 2.25. The molecule has 0 heterocycles. The van der Waals surface area contributed by atoms with Gasteiger partial charge in [0.2, 0.25) is 0 Å². The summed E-state index contributed by atoms with van der Waals surface area (Å²) in [5.41, 5.74) is 2.16. The Bertz CT molecular complexity index is 651. The minimum absolute atomic E-state index is 0.477. The van der Waals surface area contributed by atoms with Crippen molar-refractivity contribution >= 4 is 28.8 Å². The molecule has 21 heavy (non-hydrogen) atoms. The van der Waals surface area contributed by atoms with Gasteiger partial charge in [-0.15, -0.1) is 0 Å². The first-order chi connectivity index (χ1) is 9.99. The lowest BCUT2D eigenvalue weighted by Crippen LogP contribution is -2.18. The van der Waals surface area contributed by atoms with Gasteiger partial charge in [0.1, 0.15) is 5.75 Å². The SMILES string of the molecule is CC(=C(Oc1ccc(Cl)c(Cl)c1)N(C)C)c1ccccc1. The molecule has 0 bridgehead atoms. The topological polar surface area (TPSA) is 12.5 Å². The zero-order chi connectivity index (χ0) is 15.4. The normalized spacial score (nSPS) is 11.9. The van der Waals surface area contributed by atoms with Crippen molar-refractivity contribution in [2.45, 2.75) is 6.92 Å². The molecule has 0 unspecified atom stereocenters. The van der Waals surface area contributed by atoms with E-state index in [0.717, 1.165) is 17.0 Å². The van der Waals surface area contributed by atoms with E-state index in [9.17, 15) is 0 Å². The third kappa shape index (κ3) is 3.93. The molecule has 0 N–H and O–H groups in total. The van der Waals surface area contributed by atoms with Gasteiger partial charge in [-0.3, -0.25) is 0 Å². The van der Waals surface area contributed by atoms with Gasteiger partial charge in [-0.05, 0) is 24.6 Å². The van der Waals surface area contributed by atoms with Crippen LogP contribution in [0.3, 0.4) is 0 Å². The maximum atomic E-state index is 6.03. The van der Waals surface area contributed by atoms with Crippen LogP contribution in [0.25, 0.3) is 5.57 Å². The molecule has 0 aliphatic heterocycles. The molecular weight excluding hydrogens is 305 g/mol. The van der Waals surface area contributed by atoms with E-state index in [1.54, 1.807) is 18.2 Å². The lowest BCUT2D eigenvalue weighted by molar-refractivity contribution is 0.284. The number of benzene rings is 2. The average Bonchev–Trinajstić information content (AvgIpc) is 2.48. The lowest BCUT2D eigenvalue weighted by Gasteiger charge is -2.21. The fourth-order valence-electron chi connectivity index (χ4n) is 1.97. The van der Waals surface area contributed by atoms with Crippen LogP contribution >= 0.6 is 23.2 Å². The van der Waals surface area contributed by atoms with Gasteiger partial charge < -0.3 is 9.64 Å². The van der Waals surface area contributed by atoms with Crippen LogP contribution in [0.5, 0.6) is 5.75 Å². The van der Waals surface area contributed by atoms with Gasteiger partial charge in [0.25, 0.3) is 0 Å². The number of nitrogens with zero attached hydrogens (tertiary/aromatic N) is 1. The Morgan fingerprint density at radius 2 is 1.62 bits per heavy atom. The van der Waals surface area contributed by atoms with E-state index in [2.05, 4.69) is 12.1 Å². The van der Waals surface area contributed by atoms with Crippen molar-refractivity contribution in [3.05, 3.63) is 70.0 Å². The zero-order valence-corrected chi connectivity index (χ0v) is 13.7. The molecule has 0 saturated heterocycles. The van der Waals surface area contributed by atoms with E-state index in [1.165, 1.54) is 0 Å². The van der Waals surface area contributed by atoms with Crippen LogP contribution in [0.2, 0.25) is 10.0 Å². The van der Waals surface area contributed by atoms with Crippen molar-refractivity contribution in [2.24, 2.45) is 0 Å². The summed E-state index contributed by atoms with van der Waals surface area (Å²) in [6.45, 7) is 2.03. The third-order valence-corrected chi connectivity index (χ3v) is 3.78. The van der Waals surface area contributed by atoms with Gasteiger partial charge in [0.05, 0.1) is 10.0 Å². The molecule has 0 aliphatic carbocycles. The molecule has 110 valence electrons. The number of rotatable bonds is 4. The Kier molecular flexibility index (Phi) is 5.16. The fraction of sp³-hybridized carbons (Fsp3) is 0.176. The Balaban J connectivity index is 2.37. The summed E-state index contributed by atoms with van der Waals surface area (Å²) >= 11 is 12.0. The van der Waals surface area contributed by atoms with Gasteiger partial charge in [-0.2, -0.15) is 0 Å². The van der Waals surface area contributed by atoms with Crippen LogP contribution in [-0.4, -0.2) is 19.0 Å². The second-order valence-electron chi connectivity index (χ2n) is 4.87. The minimum Gasteiger partial charge on any atom is -0.441 e.